The van der Waals surface area contributed by atoms with Gasteiger partial charge in [-0.05, 0) is 56.0 Å². The van der Waals surface area contributed by atoms with Crippen LogP contribution in [0, 0.1) is 19.8 Å². The molecule has 0 unspecified atom stereocenters. The molecule has 5 rings (SSSR count). The van der Waals surface area contributed by atoms with Gasteiger partial charge in [0.05, 0.1) is 28.0 Å². The minimum absolute atomic E-state index is 0.0940. The first-order valence-corrected chi connectivity index (χ1v) is 10.2. The Morgan fingerprint density at radius 3 is 2.85 bits per heavy atom. The zero-order chi connectivity index (χ0) is 18.5. The predicted octanol–water partition coefficient (Wildman–Crippen LogP) is 3.63. The van der Waals surface area contributed by atoms with Crippen molar-refractivity contribution in [3.63, 3.8) is 0 Å². The standard InChI is InChI=1S/C20H21N5OS/c1-12-9-21-20(23-18(12)17-4-3-7-27-17)25-13(2)16(10-22-25)19(26)24-11-14-5-6-15(24)8-14/h3-4,7,9-10,14-15H,5-6,8,11H2,1-2H3/t14-,15+/m0/s1. The number of aryl methyl sites for hydroxylation is 1. The quantitative estimate of drug-likeness (QED) is 0.697. The number of fused-ring (bicyclic) bond motifs is 2. The average molecular weight is 379 g/mol. The summed E-state index contributed by atoms with van der Waals surface area (Å²) in [5.41, 5.74) is 3.39. The van der Waals surface area contributed by atoms with Gasteiger partial charge in [0.15, 0.2) is 0 Å². The van der Waals surface area contributed by atoms with Crippen molar-refractivity contribution in [1.29, 1.82) is 0 Å². The van der Waals surface area contributed by atoms with Crippen LogP contribution in [0.15, 0.2) is 29.9 Å². The molecule has 0 spiro atoms. The molecule has 1 saturated heterocycles. The molecule has 0 radical (unpaired) electrons. The fraction of sp³-hybridized carbons (Fsp3) is 0.400. The fourth-order valence-corrected chi connectivity index (χ4v) is 5.13. The van der Waals surface area contributed by atoms with Crippen LogP contribution in [0.25, 0.3) is 16.5 Å². The Hall–Kier alpha value is -2.54. The molecule has 2 aliphatic rings. The average Bonchev–Trinajstić information content (AvgIpc) is 3.46. The molecule has 2 atom stereocenters. The number of aromatic nitrogens is 4. The van der Waals surface area contributed by atoms with E-state index < -0.39 is 0 Å². The number of hydrogen-bond acceptors (Lipinski definition) is 5. The van der Waals surface area contributed by atoms with E-state index in [0.717, 1.165) is 41.2 Å². The summed E-state index contributed by atoms with van der Waals surface area (Å²) >= 11 is 1.65. The van der Waals surface area contributed by atoms with E-state index in [2.05, 4.69) is 16.1 Å². The van der Waals surface area contributed by atoms with Crippen LogP contribution < -0.4 is 0 Å². The molecule has 138 valence electrons. The van der Waals surface area contributed by atoms with Gasteiger partial charge in [0, 0.05) is 18.8 Å². The van der Waals surface area contributed by atoms with Gasteiger partial charge in [0.2, 0.25) is 0 Å². The summed E-state index contributed by atoms with van der Waals surface area (Å²) in [6, 6.07) is 4.48. The molecule has 6 nitrogen and oxygen atoms in total. The molecule has 2 fully saturated rings. The molecule has 7 heteroatoms. The number of nitrogens with zero attached hydrogens (tertiary/aromatic N) is 5. The second kappa shape index (κ2) is 6.27. The molecular formula is C20H21N5OS. The highest BCUT2D eigenvalue weighted by Crippen LogP contribution is 2.38. The Kier molecular flexibility index (Phi) is 3.86. The lowest BCUT2D eigenvalue weighted by atomic mass is 10.1. The minimum Gasteiger partial charge on any atom is -0.335 e. The van der Waals surface area contributed by atoms with E-state index in [1.165, 1.54) is 6.42 Å². The van der Waals surface area contributed by atoms with Crippen LogP contribution in [-0.2, 0) is 0 Å². The van der Waals surface area contributed by atoms with Crippen molar-refractivity contribution in [2.75, 3.05) is 6.54 Å². The summed E-state index contributed by atoms with van der Waals surface area (Å²) in [7, 11) is 0. The van der Waals surface area contributed by atoms with Crippen molar-refractivity contribution >= 4 is 17.2 Å². The smallest absolute Gasteiger partial charge is 0.257 e. The lowest BCUT2D eigenvalue weighted by Crippen LogP contribution is -2.37. The Bertz CT molecular complexity index is 1010. The third-order valence-electron chi connectivity index (χ3n) is 5.81. The normalized spacial score (nSPS) is 21.2. The van der Waals surface area contributed by atoms with Crippen LogP contribution in [0.1, 0.15) is 40.9 Å². The molecule has 3 aromatic rings. The highest BCUT2D eigenvalue weighted by Gasteiger charge is 2.41. The third-order valence-corrected chi connectivity index (χ3v) is 6.69. The highest BCUT2D eigenvalue weighted by atomic mass is 32.1. The molecule has 1 aliphatic carbocycles. The first-order chi connectivity index (χ1) is 13.1. The topological polar surface area (TPSA) is 63.9 Å². The molecule has 0 aromatic carbocycles. The summed E-state index contributed by atoms with van der Waals surface area (Å²) in [6.07, 6.45) is 7.03. The second-order valence-electron chi connectivity index (χ2n) is 7.52. The van der Waals surface area contributed by atoms with Gasteiger partial charge in [-0.15, -0.1) is 11.3 Å². The Labute approximate surface area is 161 Å². The van der Waals surface area contributed by atoms with Crippen molar-refractivity contribution in [2.45, 2.75) is 39.2 Å². The molecule has 1 amide bonds. The lowest BCUT2D eigenvalue weighted by molar-refractivity contribution is 0.0703. The number of carbonyl (C=O) groups is 1. The van der Waals surface area contributed by atoms with Gasteiger partial charge in [-0.3, -0.25) is 4.79 Å². The van der Waals surface area contributed by atoms with Gasteiger partial charge in [-0.2, -0.15) is 5.10 Å². The van der Waals surface area contributed by atoms with Gasteiger partial charge in [-0.25, -0.2) is 14.6 Å². The van der Waals surface area contributed by atoms with Crippen LogP contribution in [0.4, 0.5) is 0 Å². The highest BCUT2D eigenvalue weighted by molar-refractivity contribution is 7.13. The molecule has 1 saturated carbocycles. The van der Waals surface area contributed by atoms with Gasteiger partial charge in [-0.1, -0.05) is 6.07 Å². The van der Waals surface area contributed by atoms with Crippen LogP contribution in [0.3, 0.4) is 0 Å². The van der Waals surface area contributed by atoms with Crippen LogP contribution in [-0.4, -0.2) is 43.1 Å². The SMILES string of the molecule is Cc1cnc(-n2ncc(C(=O)N3C[C@H]4CC[C@@H]3C4)c2C)nc1-c1cccs1. The van der Waals surface area contributed by atoms with Gasteiger partial charge < -0.3 is 4.90 Å². The summed E-state index contributed by atoms with van der Waals surface area (Å²) in [4.78, 5) is 25.4. The second-order valence-corrected chi connectivity index (χ2v) is 8.47. The summed E-state index contributed by atoms with van der Waals surface area (Å²) in [5.74, 6) is 1.28. The van der Waals surface area contributed by atoms with E-state index in [9.17, 15) is 4.79 Å². The van der Waals surface area contributed by atoms with Crippen molar-refractivity contribution < 1.29 is 4.79 Å². The fourth-order valence-electron chi connectivity index (χ4n) is 4.35. The van der Waals surface area contributed by atoms with E-state index in [1.54, 1.807) is 22.2 Å². The van der Waals surface area contributed by atoms with Crippen molar-refractivity contribution in [3.05, 3.63) is 46.7 Å². The molecule has 4 heterocycles. The summed E-state index contributed by atoms with van der Waals surface area (Å²) in [6.45, 7) is 4.81. The first-order valence-electron chi connectivity index (χ1n) is 9.35. The van der Waals surface area contributed by atoms with E-state index in [0.29, 0.717) is 23.5 Å². The van der Waals surface area contributed by atoms with Crippen molar-refractivity contribution in [3.8, 4) is 16.5 Å². The first kappa shape index (κ1) is 16.6. The number of hydrogen-bond donors (Lipinski definition) is 0. The van der Waals surface area contributed by atoms with E-state index in [1.807, 2.05) is 36.4 Å². The predicted molar refractivity (Wildman–Crippen MR) is 104 cm³/mol. The van der Waals surface area contributed by atoms with Gasteiger partial charge in [0.25, 0.3) is 11.9 Å². The number of amides is 1. The summed E-state index contributed by atoms with van der Waals surface area (Å²) < 4.78 is 1.68. The van der Waals surface area contributed by atoms with E-state index in [4.69, 9.17) is 4.98 Å². The maximum atomic E-state index is 13.0. The number of carbonyl (C=O) groups excluding carboxylic acids is 1. The zero-order valence-corrected chi connectivity index (χ0v) is 16.2. The molecule has 2 bridgehead atoms. The monoisotopic (exact) mass is 379 g/mol. The van der Waals surface area contributed by atoms with Crippen LogP contribution >= 0.6 is 11.3 Å². The number of piperidine rings is 1. The maximum absolute atomic E-state index is 13.0. The van der Waals surface area contributed by atoms with Crippen LogP contribution in [0.2, 0.25) is 0 Å². The van der Waals surface area contributed by atoms with Crippen molar-refractivity contribution in [1.82, 2.24) is 24.6 Å². The Morgan fingerprint density at radius 2 is 2.15 bits per heavy atom. The molecule has 27 heavy (non-hydrogen) atoms. The summed E-state index contributed by atoms with van der Waals surface area (Å²) in [5, 5.41) is 6.48. The number of likely N-dealkylation sites (tertiary alicyclic amines) is 1. The molecular weight excluding hydrogens is 358 g/mol. The molecule has 0 N–H and O–H groups in total. The number of rotatable bonds is 3. The van der Waals surface area contributed by atoms with Crippen molar-refractivity contribution in [2.24, 2.45) is 5.92 Å². The van der Waals surface area contributed by atoms with Gasteiger partial charge >= 0.3 is 0 Å². The molecule has 3 aromatic heterocycles. The zero-order valence-electron chi connectivity index (χ0n) is 15.4. The van der Waals surface area contributed by atoms with E-state index in [-0.39, 0.29) is 5.91 Å². The largest absolute Gasteiger partial charge is 0.335 e. The van der Waals surface area contributed by atoms with Gasteiger partial charge in [0.1, 0.15) is 0 Å². The number of thiophene rings is 1. The minimum atomic E-state index is 0.0940. The third kappa shape index (κ3) is 2.68. The molecule has 1 aliphatic heterocycles. The lowest BCUT2D eigenvalue weighted by Gasteiger charge is -2.26. The Morgan fingerprint density at radius 1 is 1.26 bits per heavy atom. The maximum Gasteiger partial charge on any atom is 0.257 e. The van der Waals surface area contributed by atoms with Crippen LogP contribution in [0.5, 0.6) is 0 Å². The van der Waals surface area contributed by atoms with E-state index >= 15 is 0 Å². The Balaban J connectivity index is 1.49.